The molecule has 0 saturated carbocycles. The molecule has 0 fully saturated rings. The van der Waals surface area contributed by atoms with Gasteiger partial charge >= 0.3 is 0 Å². The van der Waals surface area contributed by atoms with E-state index in [4.69, 9.17) is 0 Å². The van der Waals surface area contributed by atoms with Gasteiger partial charge < -0.3 is 5.32 Å². The van der Waals surface area contributed by atoms with Gasteiger partial charge in [0.1, 0.15) is 0 Å². The first-order chi connectivity index (χ1) is 10.1. The zero-order chi connectivity index (χ0) is 15.2. The van der Waals surface area contributed by atoms with Crippen molar-refractivity contribution in [2.24, 2.45) is 0 Å². The zero-order valence-electron chi connectivity index (χ0n) is 11.8. The number of rotatable bonds is 5. The van der Waals surface area contributed by atoms with Crippen molar-refractivity contribution in [3.05, 3.63) is 67.7 Å². The Bertz CT molecular complexity index is 615. The Balaban J connectivity index is 1.91. The third kappa shape index (κ3) is 5.11. The number of benzene rings is 2. The highest BCUT2D eigenvalue weighted by Gasteiger charge is 2.13. The quantitative estimate of drug-likeness (QED) is 0.641. The van der Waals surface area contributed by atoms with E-state index in [1.165, 1.54) is 5.56 Å². The van der Waals surface area contributed by atoms with Gasteiger partial charge in [0, 0.05) is 14.1 Å². The summed E-state index contributed by atoms with van der Waals surface area (Å²) in [4.78, 5) is 12.3. The lowest BCUT2D eigenvalue weighted by Gasteiger charge is -2.15. The van der Waals surface area contributed by atoms with Gasteiger partial charge in [-0.05, 0) is 82.0 Å². The summed E-state index contributed by atoms with van der Waals surface area (Å²) >= 11 is 5.65. The van der Waals surface area contributed by atoms with Crippen molar-refractivity contribution in [2.45, 2.75) is 25.8 Å². The number of halogens is 2. The summed E-state index contributed by atoms with van der Waals surface area (Å²) < 4.78 is 1.88. The lowest BCUT2D eigenvalue weighted by molar-refractivity contribution is 0.0937. The largest absolute Gasteiger partial charge is 0.350 e. The van der Waals surface area contributed by atoms with Crippen molar-refractivity contribution < 1.29 is 4.79 Å². The molecule has 0 spiro atoms. The fourth-order valence-electron chi connectivity index (χ4n) is 2.07. The Kier molecular flexibility index (Phi) is 6.23. The van der Waals surface area contributed by atoms with Crippen molar-refractivity contribution in [2.75, 3.05) is 0 Å². The number of carbonyl (C=O) groups is 1. The van der Waals surface area contributed by atoms with Crippen LogP contribution in [0, 0.1) is 3.57 Å². The molecule has 0 aliphatic heterocycles. The number of aryl methyl sites for hydroxylation is 1. The van der Waals surface area contributed by atoms with Crippen LogP contribution in [-0.2, 0) is 6.42 Å². The van der Waals surface area contributed by atoms with Gasteiger partial charge in [0.2, 0.25) is 0 Å². The second-order valence-corrected chi connectivity index (χ2v) is 7.12. The van der Waals surface area contributed by atoms with Crippen molar-refractivity contribution >= 4 is 44.4 Å². The monoisotopic (exact) mass is 457 g/mol. The van der Waals surface area contributed by atoms with Crippen LogP contribution in [0.25, 0.3) is 0 Å². The minimum atomic E-state index is -0.0269. The maximum Gasteiger partial charge on any atom is 0.252 e. The van der Waals surface area contributed by atoms with Gasteiger partial charge in [-0.2, -0.15) is 0 Å². The molecule has 1 N–H and O–H groups in total. The number of hydrogen-bond donors (Lipinski definition) is 1. The fraction of sp³-hybridized carbons (Fsp3) is 0.235. The molecule has 0 radical (unpaired) electrons. The Morgan fingerprint density at radius 3 is 2.67 bits per heavy atom. The van der Waals surface area contributed by atoms with E-state index in [9.17, 15) is 4.79 Å². The standard InChI is InChI=1S/C17H17BrINO/c1-12(7-8-13-5-3-2-4-6-13)20-17(21)15-11-14(19)9-10-16(15)18/h2-6,9-12H,7-8H2,1H3,(H,20,21). The Hall–Kier alpha value is -0.880. The molecule has 110 valence electrons. The molecule has 0 heterocycles. The minimum Gasteiger partial charge on any atom is -0.350 e. The van der Waals surface area contributed by atoms with E-state index in [-0.39, 0.29) is 11.9 Å². The first kappa shape index (κ1) is 16.5. The molecular formula is C17H17BrINO. The molecule has 21 heavy (non-hydrogen) atoms. The van der Waals surface area contributed by atoms with Crippen LogP contribution >= 0.6 is 38.5 Å². The second kappa shape index (κ2) is 7.94. The molecular weight excluding hydrogens is 441 g/mol. The molecule has 0 bridgehead atoms. The van der Waals surface area contributed by atoms with Gasteiger partial charge in [-0.25, -0.2) is 0 Å². The molecule has 2 aromatic rings. The summed E-state index contributed by atoms with van der Waals surface area (Å²) in [6, 6.07) is 16.2. The van der Waals surface area contributed by atoms with Gasteiger partial charge in [-0.15, -0.1) is 0 Å². The molecule has 2 rings (SSSR count). The zero-order valence-corrected chi connectivity index (χ0v) is 15.5. The van der Waals surface area contributed by atoms with Crippen LogP contribution in [0.3, 0.4) is 0 Å². The summed E-state index contributed by atoms with van der Waals surface area (Å²) in [6.07, 6.45) is 1.90. The molecule has 0 aliphatic carbocycles. The maximum absolute atomic E-state index is 12.3. The molecule has 2 nitrogen and oxygen atoms in total. The molecule has 0 aromatic heterocycles. The van der Waals surface area contributed by atoms with E-state index in [0.29, 0.717) is 5.56 Å². The van der Waals surface area contributed by atoms with Gasteiger partial charge in [-0.1, -0.05) is 30.3 Å². The molecule has 1 atom stereocenters. The molecule has 1 amide bonds. The van der Waals surface area contributed by atoms with Gasteiger partial charge in [0.25, 0.3) is 5.91 Å². The lowest BCUT2D eigenvalue weighted by atomic mass is 10.1. The average molecular weight is 458 g/mol. The summed E-state index contributed by atoms with van der Waals surface area (Å²) in [5, 5.41) is 3.06. The predicted octanol–water partition coefficient (Wildman–Crippen LogP) is 4.80. The van der Waals surface area contributed by atoms with Gasteiger partial charge in [0.05, 0.1) is 5.56 Å². The summed E-state index contributed by atoms with van der Waals surface area (Å²) in [5.74, 6) is -0.0269. The second-order valence-electron chi connectivity index (χ2n) is 5.02. The summed E-state index contributed by atoms with van der Waals surface area (Å²) in [7, 11) is 0. The van der Waals surface area contributed by atoms with Crippen LogP contribution < -0.4 is 5.32 Å². The lowest BCUT2D eigenvalue weighted by Crippen LogP contribution is -2.33. The highest BCUT2D eigenvalue weighted by Crippen LogP contribution is 2.19. The highest BCUT2D eigenvalue weighted by molar-refractivity contribution is 14.1. The predicted molar refractivity (Wildman–Crippen MR) is 98.6 cm³/mol. The minimum absolute atomic E-state index is 0.0269. The topological polar surface area (TPSA) is 29.1 Å². The fourth-order valence-corrected chi connectivity index (χ4v) is 2.99. The Morgan fingerprint density at radius 2 is 1.95 bits per heavy atom. The highest BCUT2D eigenvalue weighted by atomic mass is 127. The number of nitrogens with one attached hydrogen (secondary N) is 1. The first-order valence-electron chi connectivity index (χ1n) is 6.86. The van der Waals surface area contributed by atoms with E-state index in [0.717, 1.165) is 20.9 Å². The van der Waals surface area contributed by atoms with E-state index < -0.39 is 0 Å². The number of hydrogen-bond acceptors (Lipinski definition) is 1. The molecule has 2 aromatic carbocycles. The van der Waals surface area contributed by atoms with Crippen LogP contribution in [0.4, 0.5) is 0 Å². The molecule has 1 unspecified atom stereocenters. The van der Waals surface area contributed by atoms with Crippen LogP contribution in [0.5, 0.6) is 0 Å². The molecule has 0 aliphatic rings. The van der Waals surface area contributed by atoms with Crippen LogP contribution in [0.15, 0.2) is 53.0 Å². The van der Waals surface area contributed by atoms with Crippen molar-refractivity contribution in [3.63, 3.8) is 0 Å². The van der Waals surface area contributed by atoms with Crippen molar-refractivity contribution in [1.82, 2.24) is 5.32 Å². The van der Waals surface area contributed by atoms with E-state index >= 15 is 0 Å². The normalized spacial score (nSPS) is 12.0. The van der Waals surface area contributed by atoms with E-state index in [1.807, 2.05) is 43.3 Å². The van der Waals surface area contributed by atoms with Crippen LogP contribution in [0.2, 0.25) is 0 Å². The van der Waals surface area contributed by atoms with Crippen molar-refractivity contribution in [1.29, 1.82) is 0 Å². The van der Waals surface area contributed by atoms with Crippen molar-refractivity contribution in [3.8, 4) is 0 Å². The SMILES string of the molecule is CC(CCc1ccccc1)NC(=O)c1cc(I)ccc1Br. The smallest absolute Gasteiger partial charge is 0.252 e. The molecule has 0 saturated heterocycles. The third-order valence-corrected chi connectivity index (χ3v) is 4.62. The van der Waals surface area contributed by atoms with E-state index in [1.54, 1.807) is 0 Å². The van der Waals surface area contributed by atoms with Gasteiger partial charge in [-0.3, -0.25) is 4.79 Å². The van der Waals surface area contributed by atoms with Gasteiger partial charge in [0.15, 0.2) is 0 Å². The van der Waals surface area contributed by atoms with Crippen LogP contribution in [-0.4, -0.2) is 11.9 Å². The summed E-state index contributed by atoms with van der Waals surface area (Å²) in [6.45, 7) is 2.04. The number of amides is 1. The summed E-state index contributed by atoms with van der Waals surface area (Å²) in [5.41, 5.74) is 1.99. The maximum atomic E-state index is 12.3. The Morgan fingerprint density at radius 1 is 1.24 bits per heavy atom. The average Bonchev–Trinajstić information content (AvgIpc) is 2.48. The third-order valence-electron chi connectivity index (χ3n) is 3.26. The number of carbonyl (C=O) groups excluding carboxylic acids is 1. The Labute approximate surface area is 147 Å². The van der Waals surface area contributed by atoms with E-state index in [2.05, 4.69) is 56.0 Å². The van der Waals surface area contributed by atoms with Crippen LogP contribution in [0.1, 0.15) is 29.3 Å². The molecule has 4 heteroatoms. The first-order valence-corrected chi connectivity index (χ1v) is 8.73.